The van der Waals surface area contributed by atoms with Gasteiger partial charge in [0, 0.05) is 20.1 Å². The molecule has 0 saturated heterocycles. The minimum absolute atomic E-state index is 0.0450. The number of nitrogens with zero attached hydrogens (tertiary/aromatic N) is 1. The summed E-state index contributed by atoms with van der Waals surface area (Å²) in [6.07, 6.45) is 4.29. The number of alkyl halides is 1. The topological polar surface area (TPSA) is 82.9 Å². The zero-order valence-electron chi connectivity index (χ0n) is 13.9. The van der Waals surface area contributed by atoms with Gasteiger partial charge in [0.2, 0.25) is 0 Å². The molecule has 4 N–H and O–H groups in total. The fourth-order valence-corrected chi connectivity index (χ4v) is 2.23. The molecule has 0 amide bonds. The Balaban J connectivity index is 0.000000816. The van der Waals surface area contributed by atoms with Crippen LogP contribution in [0.4, 0.5) is 4.39 Å². The van der Waals surface area contributed by atoms with Gasteiger partial charge in [-0.2, -0.15) is 11.8 Å². The minimum Gasteiger partial charge on any atom is -0.390 e. The van der Waals surface area contributed by atoms with Crippen molar-refractivity contribution in [2.75, 3.05) is 32.8 Å². The third-order valence-corrected chi connectivity index (χ3v) is 3.39. The maximum Gasteiger partial charge on any atom is 0.145 e. The Labute approximate surface area is 141 Å². The molecule has 1 aromatic carbocycles. The number of methoxy groups -OCH3 is 1. The van der Waals surface area contributed by atoms with E-state index in [0.717, 1.165) is 16.8 Å². The van der Waals surface area contributed by atoms with Crippen LogP contribution in [-0.2, 0) is 9.57 Å². The van der Waals surface area contributed by atoms with Crippen LogP contribution in [0.5, 0.6) is 0 Å². The fourth-order valence-electron chi connectivity index (χ4n) is 2.23. The lowest BCUT2D eigenvalue weighted by atomic mass is 9.99. The Kier molecular flexibility index (Phi) is 9.16. The van der Waals surface area contributed by atoms with E-state index in [1.165, 1.54) is 7.11 Å². The highest BCUT2D eigenvalue weighted by Crippen LogP contribution is 2.22. The molecule has 5 nitrogen and oxygen atoms in total. The van der Waals surface area contributed by atoms with Crippen molar-refractivity contribution in [3.05, 3.63) is 35.4 Å². The molecule has 1 aliphatic heterocycles. The maximum absolute atomic E-state index is 12.7. The van der Waals surface area contributed by atoms with Crippen LogP contribution in [0, 0.1) is 0 Å². The first kappa shape index (κ1) is 19.9. The Bertz CT molecular complexity index is 485. The lowest BCUT2D eigenvalue weighted by molar-refractivity contribution is 0.0721. The van der Waals surface area contributed by atoms with Crippen molar-refractivity contribution in [1.29, 1.82) is 0 Å². The zero-order valence-corrected chi connectivity index (χ0v) is 14.7. The summed E-state index contributed by atoms with van der Waals surface area (Å²) in [5, 5.41) is 4.02. The summed E-state index contributed by atoms with van der Waals surface area (Å²) in [5.74, 6) is 0. The van der Waals surface area contributed by atoms with Crippen LogP contribution < -0.4 is 11.5 Å². The number of rotatable bonds is 6. The number of thioether (sulfide) groups is 1. The normalized spacial score (nSPS) is 19.2. The quantitative estimate of drug-likeness (QED) is 0.826. The van der Waals surface area contributed by atoms with E-state index < -0.39 is 18.8 Å². The lowest BCUT2D eigenvalue weighted by Gasteiger charge is -2.20. The Morgan fingerprint density at radius 2 is 2.00 bits per heavy atom. The summed E-state index contributed by atoms with van der Waals surface area (Å²) < 4.78 is 17.9. The van der Waals surface area contributed by atoms with Crippen LogP contribution in [0.15, 0.2) is 29.4 Å². The second kappa shape index (κ2) is 10.6. The first-order chi connectivity index (χ1) is 11.1. The molecule has 0 spiro atoms. The van der Waals surface area contributed by atoms with Crippen molar-refractivity contribution in [2.24, 2.45) is 16.6 Å². The number of ether oxygens (including phenoxy) is 1. The van der Waals surface area contributed by atoms with E-state index in [0.29, 0.717) is 13.0 Å². The average Bonchev–Trinajstić information content (AvgIpc) is 3.06. The highest BCUT2D eigenvalue weighted by atomic mass is 32.2. The molecule has 7 heteroatoms. The van der Waals surface area contributed by atoms with Crippen molar-refractivity contribution in [2.45, 2.75) is 24.7 Å². The second-order valence-corrected chi connectivity index (χ2v) is 6.03. The van der Waals surface area contributed by atoms with Gasteiger partial charge < -0.3 is 21.0 Å². The highest BCUT2D eigenvalue weighted by molar-refractivity contribution is 7.97. The highest BCUT2D eigenvalue weighted by Gasteiger charge is 2.22. The van der Waals surface area contributed by atoms with Crippen LogP contribution in [0.1, 0.15) is 23.7 Å². The van der Waals surface area contributed by atoms with Gasteiger partial charge in [0.05, 0.1) is 17.9 Å². The summed E-state index contributed by atoms with van der Waals surface area (Å²) >= 11 is 1.75. The third kappa shape index (κ3) is 5.76. The molecule has 1 aliphatic rings. The smallest absolute Gasteiger partial charge is 0.145 e. The van der Waals surface area contributed by atoms with E-state index in [-0.39, 0.29) is 6.10 Å². The molecular weight excluding hydrogens is 317 g/mol. The second-order valence-electron chi connectivity index (χ2n) is 5.21. The third-order valence-electron chi connectivity index (χ3n) is 3.39. The number of oxime groups is 1. The fraction of sp³-hybridized carbons (Fsp3) is 0.562. The Morgan fingerprint density at radius 3 is 2.43 bits per heavy atom. The van der Waals surface area contributed by atoms with Gasteiger partial charge >= 0.3 is 0 Å². The lowest BCUT2D eigenvalue weighted by Crippen LogP contribution is -2.31. The van der Waals surface area contributed by atoms with Crippen LogP contribution in [0.2, 0.25) is 0 Å². The van der Waals surface area contributed by atoms with Gasteiger partial charge in [0.25, 0.3) is 0 Å². The van der Waals surface area contributed by atoms with E-state index >= 15 is 0 Å². The predicted octanol–water partition coefficient (Wildman–Crippen LogP) is 2.10. The number of nitrogens with two attached hydrogens (primary N) is 2. The molecule has 1 heterocycles. The summed E-state index contributed by atoms with van der Waals surface area (Å²) in [4.78, 5) is 5.19. The summed E-state index contributed by atoms with van der Waals surface area (Å²) in [7, 11) is 1.52. The molecule has 0 fully saturated rings. The van der Waals surface area contributed by atoms with Gasteiger partial charge in [-0.1, -0.05) is 29.4 Å². The largest absolute Gasteiger partial charge is 0.390 e. The standard InChI is InChI=1S/C14H20FN3O2.C2H6S/c1-19-14(12(17)7-15)10-4-2-9(3-5-10)13-6-11(8-16)20-18-13;1-3-2/h2-5,11-12,14H,6-8,16-17H2,1H3;1-2H3/t11-,12+,14+;/m0./s1. The van der Waals surface area contributed by atoms with Crippen LogP contribution >= 0.6 is 11.8 Å². The number of hydrogen-bond acceptors (Lipinski definition) is 6. The molecule has 0 unspecified atom stereocenters. The molecule has 0 radical (unpaired) electrons. The average molecular weight is 343 g/mol. The molecule has 1 aromatic rings. The number of hydrogen-bond donors (Lipinski definition) is 2. The van der Waals surface area contributed by atoms with E-state index in [1.807, 2.05) is 36.8 Å². The summed E-state index contributed by atoms with van der Waals surface area (Å²) in [6, 6.07) is 6.90. The van der Waals surface area contributed by atoms with E-state index in [1.54, 1.807) is 11.8 Å². The summed E-state index contributed by atoms with van der Waals surface area (Å²) in [6.45, 7) is -0.179. The van der Waals surface area contributed by atoms with Crippen molar-refractivity contribution in [3.63, 3.8) is 0 Å². The van der Waals surface area contributed by atoms with Gasteiger partial charge in [-0.3, -0.25) is 0 Å². The minimum atomic E-state index is -0.667. The predicted molar refractivity (Wildman–Crippen MR) is 94.7 cm³/mol. The van der Waals surface area contributed by atoms with Gasteiger partial charge in [0.1, 0.15) is 12.8 Å². The SMILES string of the molecule is CO[C@H](c1ccc(C2=NO[C@H](CN)C2)cc1)[C@H](N)CF.CSC. The van der Waals surface area contributed by atoms with Gasteiger partial charge in [-0.05, 0) is 23.6 Å². The zero-order chi connectivity index (χ0) is 17.2. The Morgan fingerprint density at radius 1 is 1.39 bits per heavy atom. The monoisotopic (exact) mass is 343 g/mol. The molecule has 130 valence electrons. The van der Waals surface area contributed by atoms with Crippen molar-refractivity contribution in [1.82, 2.24) is 0 Å². The first-order valence-electron chi connectivity index (χ1n) is 7.38. The number of halogens is 1. The molecule has 0 aliphatic carbocycles. The van der Waals surface area contributed by atoms with Crippen LogP contribution in [-0.4, -0.2) is 50.7 Å². The van der Waals surface area contributed by atoms with E-state index in [9.17, 15) is 4.39 Å². The van der Waals surface area contributed by atoms with Crippen molar-refractivity contribution < 1.29 is 14.0 Å². The van der Waals surface area contributed by atoms with Gasteiger partial charge in [-0.25, -0.2) is 4.39 Å². The first-order valence-corrected chi connectivity index (χ1v) is 9.02. The molecule has 0 bridgehead atoms. The summed E-state index contributed by atoms with van der Waals surface area (Å²) in [5.41, 5.74) is 13.9. The Hall–Kier alpha value is -1.15. The van der Waals surface area contributed by atoms with Gasteiger partial charge in [0.15, 0.2) is 0 Å². The molecule has 2 rings (SSSR count). The van der Waals surface area contributed by atoms with Crippen LogP contribution in [0.25, 0.3) is 0 Å². The van der Waals surface area contributed by atoms with Crippen molar-refractivity contribution >= 4 is 17.5 Å². The molecule has 3 atom stereocenters. The van der Waals surface area contributed by atoms with Crippen LogP contribution in [0.3, 0.4) is 0 Å². The number of benzene rings is 1. The molecule has 0 saturated carbocycles. The maximum atomic E-state index is 12.7. The van der Waals surface area contributed by atoms with Crippen molar-refractivity contribution in [3.8, 4) is 0 Å². The van der Waals surface area contributed by atoms with E-state index in [2.05, 4.69) is 5.16 Å². The van der Waals surface area contributed by atoms with E-state index in [4.69, 9.17) is 21.0 Å². The molecular formula is C16H26FN3O2S. The molecule has 0 aromatic heterocycles. The van der Waals surface area contributed by atoms with Gasteiger partial charge in [-0.15, -0.1) is 0 Å². The molecule has 23 heavy (non-hydrogen) atoms.